The number of aromatic nitrogens is 1. The number of sulfonamides is 1. The van der Waals surface area contributed by atoms with Crippen LogP contribution in [0, 0.1) is 5.92 Å². The number of anilines is 1. The van der Waals surface area contributed by atoms with E-state index in [1.165, 1.54) is 10.6 Å². The van der Waals surface area contributed by atoms with Crippen LogP contribution in [-0.4, -0.2) is 49.2 Å². The second-order valence-corrected chi connectivity index (χ2v) is 7.82. The number of thioether (sulfide) groups is 1. The van der Waals surface area contributed by atoms with Crippen molar-refractivity contribution in [2.24, 2.45) is 5.92 Å². The highest BCUT2D eigenvalue weighted by Crippen LogP contribution is 2.21. The molecule has 1 saturated heterocycles. The van der Waals surface area contributed by atoms with E-state index in [9.17, 15) is 13.2 Å². The van der Waals surface area contributed by atoms with Gasteiger partial charge in [-0.25, -0.2) is 17.7 Å². The largest absolute Gasteiger partial charge is 0.324 e. The maximum Gasteiger partial charge on any atom is 0.227 e. The molecule has 0 unspecified atom stereocenters. The Morgan fingerprint density at radius 2 is 2.05 bits per heavy atom. The summed E-state index contributed by atoms with van der Waals surface area (Å²) >= 11 is 1.54. The van der Waals surface area contributed by atoms with E-state index in [-0.39, 0.29) is 11.8 Å². The first-order valence-corrected chi connectivity index (χ1v) is 9.73. The summed E-state index contributed by atoms with van der Waals surface area (Å²) in [4.78, 5) is 16.4. The van der Waals surface area contributed by atoms with E-state index in [0.717, 1.165) is 5.03 Å². The third kappa shape index (κ3) is 4.42. The maximum atomic E-state index is 12.2. The van der Waals surface area contributed by atoms with Crippen LogP contribution in [0.25, 0.3) is 0 Å². The minimum absolute atomic E-state index is 0.0677. The molecule has 1 N–H and O–H groups in total. The fourth-order valence-corrected chi connectivity index (χ4v) is 3.51. The van der Waals surface area contributed by atoms with Crippen molar-refractivity contribution in [3.63, 3.8) is 0 Å². The second kappa shape index (κ2) is 6.76. The third-order valence-electron chi connectivity index (χ3n) is 3.51. The first kappa shape index (κ1) is 16.3. The molecule has 116 valence electrons. The van der Waals surface area contributed by atoms with E-state index in [4.69, 9.17) is 0 Å². The molecule has 1 aromatic heterocycles. The normalized spacial score (nSPS) is 17.6. The number of nitrogens with zero attached hydrogens (tertiary/aromatic N) is 2. The molecule has 0 aromatic carbocycles. The molecule has 1 amide bonds. The van der Waals surface area contributed by atoms with Crippen LogP contribution in [0.4, 0.5) is 5.69 Å². The van der Waals surface area contributed by atoms with Crippen molar-refractivity contribution in [2.45, 2.75) is 17.9 Å². The van der Waals surface area contributed by atoms with Gasteiger partial charge in [0, 0.05) is 19.0 Å². The van der Waals surface area contributed by atoms with E-state index < -0.39 is 10.0 Å². The van der Waals surface area contributed by atoms with Crippen molar-refractivity contribution in [3.8, 4) is 0 Å². The summed E-state index contributed by atoms with van der Waals surface area (Å²) in [5, 5.41) is 3.74. The van der Waals surface area contributed by atoms with Gasteiger partial charge in [-0.1, -0.05) is 0 Å². The van der Waals surface area contributed by atoms with E-state index in [2.05, 4.69) is 10.3 Å². The number of hydrogen-bond acceptors (Lipinski definition) is 5. The van der Waals surface area contributed by atoms with Crippen molar-refractivity contribution in [1.82, 2.24) is 9.29 Å². The van der Waals surface area contributed by atoms with Gasteiger partial charge in [0.1, 0.15) is 0 Å². The molecule has 0 aliphatic carbocycles. The van der Waals surface area contributed by atoms with E-state index >= 15 is 0 Å². The molecule has 1 aliphatic rings. The van der Waals surface area contributed by atoms with E-state index in [0.29, 0.717) is 31.6 Å². The van der Waals surface area contributed by atoms with Crippen LogP contribution in [-0.2, 0) is 14.8 Å². The van der Waals surface area contributed by atoms with Gasteiger partial charge in [0.05, 0.1) is 23.2 Å². The third-order valence-corrected chi connectivity index (χ3v) is 5.47. The van der Waals surface area contributed by atoms with Gasteiger partial charge in [0.15, 0.2) is 0 Å². The van der Waals surface area contributed by atoms with Crippen LogP contribution in [0.1, 0.15) is 12.8 Å². The Kier molecular flexibility index (Phi) is 5.23. The molecule has 0 atom stereocenters. The number of carbonyl (C=O) groups is 1. The predicted molar refractivity (Wildman–Crippen MR) is 83.8 cm³/mol. The zero-order valence-corrected chi connectivity index (χ0v) is 13.7. The predicted octanol–water partition coefficient (Wildman–Crippen LogP) is 1.41. The average Bonchev–Trinajstić information content (AvgIpc) is 2.47. The fraction of sp³-hybridized carbons (Fsp3) is 0.538. The molecule has 21 heavy (non-hydrogen) atoms. The molecule has 2 heterocycles. The minimum Gasteiger partial charge on any atom is -0.324 e. The molecule has 6 nitrogen and oxygen atoms in total. The van der Waals surface area contributed by atoms with Gasteiger partial charge in [-0.3, -0.25) is 4.79 Å². The summed E-state index contributed by atoms with van der Waals surface area (Å²) in [6.07, 6.45) is 5.88. The monoisotopic (exact) mass is 329 g/mol. The molecular formula is C13H19N3O3S2. The number of rotatable bonds is 4. The van der Waals surface area contributed by atoms with Gasteiger partial charge in [0.2, 0.25) is 15.9 Å². The summed E-state index contributed by atoms with van der Waals surface area (Å²) in [5.41, 5.74) is 0.670. The summed E-state index contributed by atoms with van der Waals surface area (Å²) in [5.74, 6) is -0.218. The van der Waals surface area contributed by atoms with Crippen LogP contribution >= 0.6 is 11.8 Å². The van der Waals surface area contributed by atoms with Crippen LogP contribution in [0.3, 0.4) is 0 Å². The van der Waals surface area contributed by atoms with Crippen LogP contribution in [0.2, 0.25) is 0 Å². The molecular weight excluding hydrogens is 310 g/mol. The highest BCUT2D eigenvalue weighted by atomic mass is 32.2. The smallest absolute Gasteiger partial charge is 0.227 e. The average molecular weight is 329 g/mol. The van der Waals surface area contributed by atoms with Crippen LogP contribution < -0.4 is 5.32 Å². The van der Waals surface area contributed by atoms with Crippen molar-refractivity contribution in [2.75, 3.05) is 30.9 Å². The Morgan fingerprint density at radius 3 is 2.52 bits per heavy atom. The molecule has 0 spiro atoms. The number of nitrogens with one attached hydrogen (secondary N) is 1. The standard InChI is InChI=1S/C13H19N3O3S2/c1-20-12-4-3-11(9-14-12)15-13(17)10-5-7-16(8-6-10)21(2,18)19/h3-4,9-10H,5-8H2,1-2H3,(H,15,17). The molecule has 0 radical (unpaired) electrons. The number of carbonyl (C=O) groups excluding carboxylic acids is 1. The lowest BCUT2D eigenvalue weighted by Gasteiger charge is -2.29. The molecule has 1 aromatic rings. The SMILES string of the molecule is CSc1ccc(NC(=O)C2CCN(S(C)(=O)=O)CC2)cn1. The van der Waals surface area contributed by atoms with Crippen molar-refractivity contribution < 1.29 is 13.2 Å². The summed E-state index contributed by atoms with van der Waals surface area (Å²) in [6.45, 7) is 0.807. The quantitative estimate of drug-likeness (QED) is 0.845. The van der Waals surface area contributed by atoms with Crippen molar-refractivity contribution in [1.29, 1.82) is 0 Å². The molecule has 0 bridgehead atoms. The van der Waals surface area contributed by atoms with E-state index in [1.807, 2.05) is 18.4 Å². The Labute approximate surface area is 129 Å². The Morgan fingerprint density at radius 1 is 1.38 bits per heavy atom. The van der Waals surface area contributed by atoms with E-state index in [1.54, 1.807) is 18.0 Å². The van der Waals surface area contributed by atoms with Gasteiger partial charge in [-0.2, -0.15) is 0 Å². The molecule has 8 heteroatoms. The topological polar surface area (TPSA) is 79.4 Å². The number of piperidine rings is 1. The van der Waals surface area contributed by atoms with Crippen LogP contribution in [0.5, 0.6) is 0 Å². The summed E-state index contributed by atoms with van der Waals surface area (Å²) in [6, 6.07) is 3.68. The second-order valence-electron chi connectivity index (χ2n) is 5.01. The maximum absolute atomic E-state index is 12.2. The molecule has 2 rings (SSSR count). The zero-order valence-electron chi connectivity index (χ0n) is 12.1. The summed E-state index contributed by atoms with van der Waals surface area (Å²) < 4.78 is 24.3. The highest BCUT2D eigenvalue weighted by Gasteiger charge is 2.28. The lowest BCUT2D eigenvalue weighted by Crippen LogP contribution is -2.40. The summed E-state index contributed by atoms with van der Waals surface area (Å²) in [7, 11) is -3.15. The van der Waals surface area contributed by atoms with Gasteiger partial charge in [-0.15, -0.1) is 11.8 Å². The zero-order chi connectivity index (χ0) is 15.5. The molecule has 1 fully saturated rings. The fourth-order valence-electron chi connectivity index (χ4n) is 2.27. The Balaban J connectivity index is 1.90. The number of amides is 1. The molecule has 1 aliphatic heterocycles. The van der Waals surface area contributed by atoms with Crippen molar-refractivity contribution >= 4 is 33.4 Å². The first-order chi connectivity index (χ1) is 9.90. The molecule has 0 saturated carbocycles. The van der Waals surface area contributed by atoms with Gasteiger partial charge >= 0.3 is 0 Å². The number of pyridine rings is 1. The van der Waals surface area contributed by atoms with Gasteiger partial charge in [0.25, 0.3) is 0 Å². The minimum atomic E-state index is -3.15. The van der Waals surface area contributed by atoms with Gasteiger partial charge in [-0.05, 0) is 31.2 Å². The Hall–Kier alpha value is -1.12. The lowest BCUT2D eigenvalue weighted by atomic mass is 9.97. The highest BCUT2D eigenvalue weighted by molar-refractivity contribution is 7.98. The Bertz CT molecular complexity index is 594. The number of hydrogen-bond donors (Lipinski definition) is 1. The van der Waals surface area contributed by atoms with Crippen LogP contribution in [0.15, 0.2) is 23.4 Å². The first-order valence-electron chi connectivity index (χ1n) is 6.66. The van der Waals surface area contributed by atoms with Gasteiger partial charge < -0.3 is 5.32 Å². The van der Waals surface area contributed by atoms with Crippen molar-refractivity contribution in [3.05, 3.63) is 18.3 Å². The lowest BCUT2D eigenvalue weighted by molar-refractivity contribution is -0.120.